The molecule has 2 N–H and O–H groups in total. The molecule has 1 fully saturated rings. The lowest BCUT2D eigenvalue weighted by atomic mass is 10.0. The van der Waals surface area contributed by atoms with Crippen molar-refractivity contribution in [1.82, 2.24) is 5.32 Å². The van der Waals surface area contributed by atoms with E-state index in [1.807, 2.05) is 0 Å². The lowest BCUT2D eigenvalue weighted by Gasteiger charge is -2.23. The molecule has 94 valence electrons. The molecule has 0 spiro atoms. The number of aromatic hydroxyl groups is 1. The van der Waals surface area contributed by atoms with Gasteiger partial charge in [0, 0.05) is 12.6 Å². The monoisotopic (exact) mass is 260 g/mol. The van der Waals surface area contributed by atoms with Crippen LogP contribution in [0.3, 0.4) is 0 Å². The smallest absolute Gasteiger partial charge is 0.274 e. The molecular weight excluding hydrogens is 248 g/mol. The Morgan fingerprint density at radius 1 is 1.53 bits per heavy atom. The molecule has 1 aromatic carbocycles. The Morgan fingerprint density at radius 3 is 2.88 bits per heavy atom. The molecule has 0 bridgehead atoms. The summed E-state index contributed by atoms with van der Waals surface area (Å²) in [6.07, 6.45) is 0. The van der Waals surface area contributed by atoms with E-state index in [2.05, 4.69) is 5.32 Å². The van der Waals surface area contributed by atoms with Gasteiger partial charge in [0.2, 0.25) is 0 Å². The molecule has 1 aliphatic heterocycles. The largest absolute Gasteiger partial charge is 0.508 e. The van der Waals surface area contributed by atoms with Gasteiger partial charge < -0.3 is 15.2 Å². The van der Waals surface area contributed by atoms with Crippen molar-refractivity contribution in [3.8, 4) is 5.75 Å². The number of rotatable bonds is 2. The molecule has 1 aliphatic rings. The van der Waals surface area contributed by atoms with Gasteiger partial charge in [0.25, 0.3) is 5.69 Å². The maximum absolute atomic E-state index is 10.8. The van der Waals surface area contributed by atoms with Crippen molar-refractivity contribution in [3.63, 3.8) is 0 Å². The first-order valence-corrected chi connectivity index (χ1v) is 4.97. The summed E-state index contributed by atoms with van der Waals surface area (Å²) in [7, 11) is 0. The molecule has 0 saturated carbocycles. The van der Waals surface area contributed by atoms with Gasteiger partial charge in [0.15, 0.2) is 0 Å². The number of nitro benzene ring substituents is 1. The number of phenols is 1. The number of phenolic OH excluding ortho intramolecular Hbond substituents is 1. The zero-order valence-electron chi connectivity index (χ0n) is 8.96. The fraction of sp³-hybridized carbons (Fsp3) is 0.400. The summed E-state index contributed by atoms with van der Waals surface area (Å²) in [5.74, 6) is 0.0213. The van der Waals surface area contributed by atoms with Crippen LogP contribution in [0.1, 0.15) is 11.6 Å². The van der Waals surface area contributed by atoms with Crippen LogP contribution in [0.4, 0.5) is 5.69 Å². The Bertz CT molecular complexity index is 407. The molecule has 0 radical (unpaired) electrons. The molecule has 0 unspecified atom stereocenters. The summed E-state index contributed by atoms with van der Waals surface area (Å²) in [6.45, 7) is 1.63. The lowest BCUT2D eigenvalue weighted by molar-refractivity contribution is -0.385. The van der Waals surface area contributed by atoms with Crippen LogP contribution in [0.25, 0.3) is 0 Å². The quantitative estimate of drug-likeness (QED) is 0.620. The van der Waals surface area contributed by atoms with Crippen LogP contribution in [-0.2, 0) is 4.74 Å². The summed E-state index contributed by atoms with van der Waals surface area (Å²) < 4.78 is 5.24. The van der Waals surface area contributed by atoms with Crippen LogP contribution in [0.2, 0.25) is 0 Å². The normalized spacial score (nSPS) is 19.4. The van der Waals surface area contributed by atoms with Crippen LogP contribution in [0.15, 0.2) is 18.2 Å². The Labute approximate surface area is 104 Å². The van der Waals surface area contributed by atoms with Crippen LogP contribution >= 0.6 is 12.4 Å². The van der Waals surface area contributed by atoms with E-state index in [4.69, 9.17) is 4.74 Å². The third kappa shape index (κ3) is 3.06. The second-order valence-electron chi connectivity index (χ2n) is 3.58. The van der Waals surface area contributed by atoms with E-state index in [9.17, 15) is 15.2 Å². The Kier molecular flexibility index (Phi) is 4.68. The molecule has 1 atom stereocenters. The van der Waals surface area contributed by atoms with Gasteiger partial charge in [0.1, 0.15) is 5.75 Å². The maximum atomic E-state index is 10.8. The predicted molar refractivity (Wildman–Crippen MR) is 63.6 cm³/mol. The van der Waals surface area contributed by atoms with E-state index in [-0.39, 0.29) is 29.9 Å². The first kappa shape index (κ1) is 13.7. The number of hydrogen-bond acceptors (Lipinski definition) is 5. The average molecular weight is 261 g/mol. The predicted octanol–water partition coefficient (Wildman–Crippen LogP) is 1.38. The molecule has 1 aromatic rings. The van der Waals surface area contributed by atoms with E-state index < -0.39 is 4.92 Å². The number of hydrogen-bond donors (Lipinski definition) is 2. The number of benzene rings is 1. The summed E-state index contributed by atoms with van der Waals surface area (Å²) in [6, 6.07) is 3.79. The van der Waals surface area contributed by atoms with Crippen molar-refractivity contribution < 1.29 is 14.8 Å². The van der Waals surface area contributed by atoms with Gasteiger partial charge in [-0.05, 0) is 12.1 Å². The minimum Gasteiger partial charge on any atom is -0.508 e. The summed E-state index contributed by atoms with van der Waals surface area (Å²) >= 11 is 0. The standard InChI is InChI=1S/C10H12N2O4.ClH/c13-7-1-2-10(12(14)15)8(5-7)9-6-16-4-3-11-9;/h1-2,5,9,11,13H,3-4,6H2;1H/t9-;/m0./s1. The first-order valence-electron chi connectivity index (χ1n) is 4.97. The molecule has 0 amide bonds. The van der Waals surface area contributed by atoms with Crippen LogP contribution in [-0.4, -0.2) is 29.8 Å². The fourth-order valence-electron chi connectivity index (χ4n) is 1.75. The van der Waals surface area contributed by atoms with Crippen LogP contribution in [0, 0.1) is 10.1 Å². The van der Waals surface area contributed by atoms with Gasteiger partial charge in [-0.15, -0.1) is 12.4 Å². The van der Waals surface area contributed by atoms with Gasteiger partial charge in [-0.25, -0.2) is 0 Å². The zero-order valence-corrected chi connectivity index (χ0v) is 9.77. The zero-order chi connectivity index (χ0) is 11.5. The molecule has 1 heterocycles. The van der Waals surface area contributed by atoms with Crippen molar-refractivity contribution in [2.75, 3.05) is 19.8 Å². The highest BCUT2D eigenvalue weighted by atomic mass is 35.5. The fourth-order valence-corrected chi connectivity index (χ4v) is 1.75. The van der Waals surface area contributed by atoms with E-state index in [1.54, 1.807) is 0 Å². The molecule has 17 heavy (non-hydrogen) atoms. The molecule has 7 heteroatoms. The third-order valence-corrected chi connectivity index (χ3v) is 2.50. The minimum absolute atomic E-state index is 0. The van der Waals surface area contributed by atoms with E-state index >= 15 is 0 Å². The highest BCUT2D eigenvalue weighted by Gasteiger charge is 2.24. The Hall–Kier alpha value is -1.37. The summed E-state index contributed by atoms with van der Waals surface area (Å²) in [5.41, 5.74) is 0.463. The average Bonchev–Trinajstić information content (AvgIpc) is 2.29. The Balaban J connectivity index is 0.00000144. The van der Waals surface area contributed by atoms with E-state index in [1.165, 1.54) is 18.2 Å². The third-order valence-electron chi connectivity index (χ3n) is 2.50. The van der Waals surface area contributed by atoms with E-state index in [0.29, 0.717) is 25.3 Å². The molecule has 2 rings (SSSR count). The number of morpholine rings is 1. The number of ether oxygens (including phenoxy) is 1. The summed E-state index contributed by atoms with van der Waals surface area (Å²) in [4.78, 5) is 10.4. The number of nitro groups is 1. The molecule has 0 aromatic heterocycles. The van der Waals surface area contributed by atoms with Gasteiger partial charge in [-0.3, -0.25) is 10.1 Å². The number of nitrogens with one attached hydrogen (secondary N) is 1. The highest BCUT2D eigenvalue weighted by molar-refractivity contribution is 5.85. The SMILES string of the molecule is Cl.O=[N+]([O-])c1ccc(O)cc1[C@@H]1COCCN1. The van der Waals surface area contributed by atoms with Crippen LogP contribution in [0.5, 0.6) is 5.75 Å². The lowest BCUT2D eigenvalue weighted by Crippen LogP contribution is -2.34. The van der Waals surface area contributed by atoms with Gasteiger partial charge >= 0.3 is 0 Å². The van der Waals surface area contributed by atoms with E-state index in [0.717, 1.165) is 0 Å². The Morgan fingerprint density at radius 2 is 2.29 bits per heavy atom. The van der Waals surface area contributed by atoms with Gasteiger partial charge in [-0.1, -0.05) is 0 Å². The van der Waals surface area contributed by atoms with Gasteiger partial charge in [0.05, 0.1) is 29.7 Å². The van der Waals surface area contributed by atoms with Gasteiger partial charge in [-0.2, -0.15) is 0 Å². The van der Waals surface area contributed by atoms with Crippen molar-refractivity contribution in [3.05, 3.63) is 33.9 Å². The van der Waals surface area contributed by atoms with Crippen molar-refractivity contribution in [1.29, 1.82) is 0 Å². The van der Waals surface area contributed by atoms with Crippen molar-refractivity contribution >= 4 is 18.1 Å². The van der Waals surface area contributed by atoms with Crippen molar-refractivity contribution in [2.45, 2.75) is 6.04 Å². The number of halogens is 1. The molecule has 1 saturated heterocycles. The van der Waals surface area contributed by atoms with Crippen LogP contribution < -0.4 is 5.32 Å². The first-order chi connectivity index (χ1) is 7.68. The topological polar surface area (TPSA) is 84.6 Å². The minimum atomic E-state index is -0.453. The maximum Gasteiger partial charge on any atom is 0.274 e. The van der Waals surface area contributed by atoms with Crippen molar-refractivity contribution in [2.24, 2.45) is 0 Å². The molecular formula is C10H13ClN2O4. The molecule has 0 aliphatic carbocycles. The second-order valence-corrected chi connectivity index (χ2v) is 3.58. The second kappa shape index (κ2) is 5.81. The molecule has 6 nitrogen and oxygen atoms in total. The highest BCUT2D eigenvalue weighted by Crippen LogP contribution is 2.29. The number of nitrogens with zero attached hydrogens (tertiary/aromatic N) is 1. The summed E-state index contributed by atoms with van der Waals surface area (Å²) in [5, 5.41) is 23.3.